The highest BCUT2D eigenvalue weighted by atomic mass is 16.4. The molecule has 2 aromatic rings. The predicted molar refractivity (Wildman–Crippen MR) is 150 cm³/mol. The molecule has 8 heteroatoms. The zero-order chi connectivity index (χ0) is 26.2. The predicted octanol–water partition coefficient (Wildman–Crippen LogP) is 4.27. The molecule has 1 unspecified atom stereocenters. The average Bonchev–Trinajstić information content (AvgIpc) is 3.46. The Bertz CT molecular complexity index is 1190. The van der Waals surface area contributed by atoms with Crippen molar-refractivity contribution in [1.82, 2.24) is 19.4 Å². The quantitative estimate of drug-likeness (QED) is 0.608. The first-order chi connectivity index (χ1) is 18.5. The Morgan fingerprint density at radius 3 is 2.34 bits per heavy atom. The van der Waals surface area contributed by atoms with Crippen LogP contribution < -0.4 is 10.5 Å². The molecule has 0 radical (unpaired) electrons. The fourth-order valence-corrected chi connectivity index (χ4v) is 8.07. The van der Waals surface area contributed by atoms with E-state index < -0.39 is 5.97 Å². The van der Waals surface area contributed by atoms with Crippen LogP contribution in [0.1, 0.15) is 83.1 Å². The average molecular weight is 522 g/mol. The van der Waals surface area contributed by atoms with E-state index in [0.717, 1.165) is 42.9 Å². The summed E-state index contributed by atoms with van der Waals surface area (Å²) >= 11 is 0. The van der Waals surface area contributed by atoms with Crippen molar-refractivity contribution in [1.29, 1.82) is 0 Å². The Morgan fingerprint density at radius 2 is 1.63 bits per heavy atom. The minimum Gasteiger partial charge on any atom is -0.480 e. The molecule has 3 saturated heterocycles. The lowest BCUT2D eigenvalue weighted by molar-refractivity contribution is -0.138. The highest BCUT2D eigenvalue weighted by Crippen LogP contribution is 2.44. The summed E-state index contributed by atoms with van der Waals surface area (Å²) in [4.78, 5) is 37.1. The van der Waals surface area contributed by atoms with Crippen molar-refractivity contribution in [2.45, 2.75) is 107 Å². The molecule has 3 aliphatic heterocycles. The number of hydrogen-bond donors (Lipinski definition) is 1. The summed E-state index contributed by atoms with van der Waals surface area (Å²) in [6.45, 7) is 1.37. The van der Waals surface area contributed by atoms with Gasteiger partial charge in [-0.15, -0.1) is 0 Å². The van der Waals surface area contributed by atoms with Crippen LogP contribution in [0, 0.1) is 0 Å². The van der Waals surface area contributed by atoms with Gasteiger partial charge in [-0.25, -0.2) is 4.98 Å². The first kappa shape index (κ1) is 25.8. The van der Waals surface area contributed by atoms with Crippen LogP contribution in [-0.4, -0.2) is 81.3 Å². The number of carboxylic acid groups (broad SMARTS) is 1. The van der Waals surface area contributed by atoms with Crippen LogP contribution in [0.5, 0.6) is 0 Å². The lowest BCUT2D eigenvalue weighted by Crippen LogP contribution is -2.50. The lowest BCUT2D eigenvalue weighted by Gasteiger charge is -2.45. The van der Waals surface area contributed by atoms with E-state index in [0.29, 0.717) is 24.4 Å². The normalized spacial score (nSPS) is 29.2. The molecule has 1 N–H and O–H groups in total. The summed E-state index contributed by atoms with van der Waals surface area (Å²) in [5.41, 5.74) is 1.84. The SMILES string of the molecule is CN(CC(=O)O)[C@H]1CCN(c2nc3ccccc3n(C3C[C@H]4CC[C@@H](C3)N4C3CCCCCCC3)c2=O)C1. The van der Waals surface area contributed by atoms with Crippen LogP contribution in [0.25, 0.3) is 11.0 Å². The van der Waals surface area contributed by atoms with Crippen molar-refractivity contribution in [2.75, 3.05) is 31.6 Å². The van der Waals surface area contributed by atoms with Gasteiger partial charge in [-0.2, -0.15) is 0 Å². The maximum absolute atomic E-state index is 14.2. The summed E-state index contributed by atoms with van der Waals surface area (Å²) in [5.74, 6) is -0.290. The van der Waals surface area contributed by atoms with Crippen LogP contribution >= 0.6 is 0 Å². The third kappa shape index (κ3) is 4.97. The van der Waals surface area contributed by atoms with Gasteiger partial charge in [0.15, 0.2) is 5.82 Å². The van der Waals surface area contributed by atoms with Crippen LogP contribution in [0.2, 0.25) is 0 Å². The van der Waals surface area contributed by atoms with Crippen molar-refractivity contribution in [3.05, 3.63) is 34.6 Å². The Labute approximate surface area is 225 Å². The van der Waals surface area contributed by atoms with Crippen LogP contribution in [-0.2, 0) is 4.79 Å². The van der Waals surface area contributed by atoms with Gasteiger partial charge in [0.25, 0.3) is 5.56 Å². The van der Waals surface area contributed by atoms with Gasteiger partial charge in [0.2, 0.25) is 0 Å². The van der Waals surface area contributed by atoms with E-state index >= 15 is 0 Å². The number of rotatable bonds is 6. The van der Waals surface area contributed by atoms with Gasteiger partial charge < -0.3 is 14.6 Å². The number of piperidine rings is 1. The molecule has 1 aromatic heterocycles. The molecule has 1 saturated carbocycles. The topological polar surface area (TPSA) is 81.9 Å². The third-order valence-corrected chi connectivity index (χ3v) is 9.87. The van der Waals surface area contributed by atoms with Crippen molar-refractivity contribution in [3.8, 4) is 0 Å². The standard InChI is InChI=1S/C30H43N5O3/c1-32(20-28(36)37)24-15-16-33(19-24)29-30(38)35(27-12-8-7-11-26(27)31-29)25-17-22-13-14-23(18-25)34(22)21-9-5-3-2-4-6-10-21/h7-8,11-12,21-25H,2-6,9-10,13-20H2,1H3,(H,36,37)/t22-,23+,24-,25?/m0/s1. The molecule has 38 heavy (non-hydrogen) atoms. The minimum absolute atomic E-state index is 0.0102. The smallest absolute Gasteiger partial charge is 0.317 e. The molecule has 8 nitrogen and oxygen atoms in total. The van der Waals surface area contributed by atoms with Gasteiger partial charge in [0.1, 0.15) is 0 Å². The molecular weight excluding hydrogens is 478 g/mol. The molecular formula is C30H43N5O3. The fourth-order valence-electron chi connectivity index (χ4n) is 8.07. The number of carboxylic acids is 1. The molecule has 2 bridgehead atoms. The van der Waals surface area contributed by atoms with Crippen LogP contribution in [0.4, 0.5) is 5.82 Å². The monoisotopic (exact) mass is 521 g/mol. The molecule has 0 spiro atoms. The molecule has 4 atom stereocenters. The fraction of sp³-hybridized carbons (Fsp3) is 0.700. The number of likely N-dealkylation sites (N-methyl/N-ethyl adjacent to an activating group) is 1. The van der Waals surface area contributed by atoms with Crippen LogP contribution in [0.15, 0.2) is 29.1 Å². The Morgan fingerprint density at radius 1 is 0.947 bits per heavy atom. The summed E-state index contributed by atoms with van der Waals surface area (Å²) < 4.78 is 2.09. The molecule has 4 heterocycles. The second-order valence-corrected chi connectivity index (χ2v) is 12.3. The number of hydrogen-bond acceptors (Lipinski definition) is 6. The summed E-state index contributed by atoms with van der Waals surface area (Å²) in [6, 6.07) is 10.3. The van der Waals surface area contributed by atoms with Crippen LogP contribution in [0.3, 0.4) is 0 Å². The lowest BCUT2D eigenvalue weighted by atomic mass is 9.89. The zero-order valence-electron chi connectivity index (χ0n) is 22.8. The molecule has 1 aliphatic carbocycles. The Hall–Kier alpha value is -2.45. The summed E-state index contributed by atoms with van der Waals surface area (Å²) in [7, 11) is 1.86. The number of aromatic nitrogens is 2. The number of aliphatic carboxylic acids is 1. The molecule has 0 amide bonds. The van der Waals surface area contributed by atoms with E-state index in [4.69, 9.17) is 4.98 Å². The first-order valence-corrected chi connectivity index (χ1v) is 15.0. The van der Waals surface area contributed by atoms with Gasteiger partial charge in [0, 0.05) is 43.3 Å². The molecule has 4 fully saturated rings. The molecule has 6 rings (SSSR count). The highest BCUT2D eigenvalue weighted by molar-refractivity contribution is 5.76. The van der Waals surface area contributed by atoms with Crippen molar-refractivity contribution >= 4 is 22.8 Å². The second-order valence-electron chi connectivity index (χ2n) is 12.3. The maximum atomic E-state index is 14.2. The van der Waals surface area contributed by atoms with E-state index in [2.05, 4.69) is 20.4 Å². The number of benzene rings is 1. The van der Waals surface area contributed by atoms with Crippen molar-refractivity contribution in [3.63, 3.8) is 0 Å². The number of anilines is 1. The maximum Gasteiger partial charge on any atom is 0.317 e. The van der Waals surface area contributed by atoms with Crippen molar-refractivity contribution in [2.24, 2.45) is 0 Å². The minimum atomic E-state index is -0.822. The second kappa shape index (κ2) is 11.0. The van der Waals surface area contributed by atoms with Crippen molar-refractivity contribution < 1.29 is 9.90 Å². The van der Waals surface area contributed by atoms with Gasteiger partial charge in [-0.05, 0) is 64.1 Å². The van der Waals surface area contributed by atoms with E-state index in [1.165, 1.54) is 57.8 Å². The Kier molecular flexibility index (Phi) is 7.45. The molecule has 4 aliphatic rings. The van der Waals surface area contributed by atoms with Gasteiger partial charge in [-0.3, -0.25) is 19.4 Å². The number of fused-ring (bicyclic) bond motifs is 3. The van der Waals surface area contributed by atoms with Gasteiger partial charge >= 0.3 is 5.97 Å². The number of para-hydroxylation sites is 2. The number of nitrogens with zero attached hydrogens (tertiary/aromatic N) is 5. The molecule has 206 valence electrons. The van der Waals surface area contributed by atoms with E-state index in [9.17, 15) is 14.7 Å². The summed E-state index contributed by atoms with van der Waals surface area (Å²) in [5, 5.41) is 9.22. The van der Waals surface area contributed by atoms with E-state index in [1.54, 1.807) is 0 Å². The van der Waals surface area contributed by atoms with E-state index in [-0.39, 0.29) is 24.2 Å². The van der Waals surface area contributed by atoms with E-state index in [1.807, 2.05) is 30.1 Å². The highest BCUT2D eigenvalue weighted by Gasteiger charge is 2.45. The third-order valence-electron chi connectivity index (χ3n) is 9.87. The Balaban J connectivity index is 1.28. The van der Waals surface area contributed by atoms with Gasteiger partial charge in [0.05, 0.1) is 17.6 Å². The largest absolute Gasteiger partial charge is 0.480 e. The van der Waals surface area contributed by atoms with Gasteiger partial charge in [-0.1, -0.05) is 44.2 Å². The first-order valence-electron chi connectivity index (χ1n) is 15.0. The summed E-state index contributed by atoms with van der Waals surface area (Å²) in [6.07, 6.45) is 15.0. The molecule has 1 aromatic carbocycles. The zero-order valence-corrected chi connectivity index (χ0v) is 22.8. The number of carbonyl (C=O) groups is 1.